The van der Waals surface area contributed by atoms with Gasteiger partial charge in [-0.1, -0.05) is 12.8 Å². The van der Waals surface area contributed by atoms with Gasteiger partial charge >= 0.3 is 12.2 Å². The van der Waals surface area contributed by atoms with Gasteiger partial charge in [0, 0.05) is 49.8 Å². The Morgan fingerprint density at radius 2 is 1.06 bits per heavy atom. The molecule has 2 saturated heterocycles. The van der Waals surface area contributed by atoms with Crippen molar-refractivity contribution < 1.29 is 47.6 Å². The van der Waals surface area contributed by atoms with Crippen LogP contribution in [0.4, 0.5) is 9.59 Å². The summed E-state index contributed by atoms with van der Waals surface area (Å²) in [4.78, 5) is 73.6. The second-order valence-corrected chi connectivity index (χ2v) is 17.5. The molecule has 18 nitrogen and oxygen atoms in total. The molecule has 4 aromatic rings. The molecule has 3 aliphatic heterocycles. The zero-order valence-corrected chi connectivity index (χ0v) is 36.9. The summed E-state index contributed by atoms with van der Waals surface area (Å²) in [6.07, 6.45) is 8.54. The van der Waals surface area contributed by atoms with E-state index in [1.807, 2.05) is 58.6 Å². The summed E-state index contributed by atoms with van der Waals surface area (Å²) in [7, 11) is 5.56. The summed E-state index contributed by atoms with van der Waals surface area (Å²) >= 11 is 0. The number of aromatic nitrogens is 4. The smallest absolute Gasteiger partial charge is 0.407 e. The van der Waals surface area contributed by atoms with E-state index >= 15 is 0 Å². The molecule has 2 saturated carbocycles. The fourth-order valence-electron chi connectivity index (χ4n) is 10.6. The molecule has 5 aliphatic rings. The van der Waals surface area contributed by atoms with E-state index in [-0.39, 0.29) is 36.0 Å². The number of H-pyrrole nitrogens is 2. The number of rotatable bonds is 12. The Kier molecular flexibility index (Phi) is 12.0. The lowest BCUT2D eigenvalue weighted by molar-refractivity contribution is -0.140. The minimum Gasteiger partial charge on any atom is -0.453 e. The summed E-state index contributed by atoms with van der Waals surface area (Å²) in [6, 6.07) is 8.92. The van der Waals surface area contributed by atoms with Crippen LogP contribution in [0.3, 0.4) is 0 Å². The maximum absolute atomic E-state index is 14.2. The second-order valence-electron chi connectivity index (χ2n) is 17.5. The number of hydrogen-bond donors (Lipinski definition) is 4. The van der Waals surface area contributed by atoms with Crippen molar-refractivity contribution in [1.29, 1.82) is 0 Å². The normalized spacial score (nSPS) is 24.8. The number of nitrogens with one attached hydrogen (secondary N) is 4. The van der Waals surface area contributed by atoms with Gasteiger partial charge in [-0.05, 0) is 101 Å². The van der Waals surface area contributed by atoms with E-state index in [0.717, 1.165) is 62.5 Å². The summed E-state index contributed by atoms with van der Waals surface area (Å²) in [5.74, 6) is 3.69. The number of amides is 4. The third-order valence-corrected chi connectivity index (χ3v) is 14.1. The molecule has 2 aromatic carbocycles. The van der Waals surface area contributed by atoms with E-state index in [0.29, 0.717) is 57.9 Å². The molecular formula is C46H56N8O10. The highest BCUT2D eigenvalue weighted by Gasteiger charge is 2.51. The van der Waals surface area contributed by atoms with Gasteiger partial charge in [0.05, 0.1) is 49.9 Å². The Hall–Kier alpha value is -6.14. The largest absolute Gasteiger partial charge is 0.453 e. The fourth-order valence-corrected chi connectivity index (χ4v) is 10.6. The van der Waals surface area contributed by atoms with Crippen molar-refractivity contribution in [3.8, 4) is 45.5 Å². The first-order chi connectivity index (χ1) is 31.0. The standard InChI is InChI=1S/C46H56N8O10/c1-23(59-3)39(51-45(57)61-5)43(55)53-31-11-7-9-27(31)17-33(53)41-47-21-29(49-41)25-13-15-35-37(19-25)63-36-16-14-26(20-38(36)64-35)30-22-48-42(50-30)34-18-28-10-8-12-32(28)54(34)44(56)40(24(2)60-4)52-46(58)62-6/h13-16,19-24,27-28,31-34,39-40H,7-12,17-18H2,1-6H3,(H,47,49)(H,48,50)(H,51,57)(H,52,58)/t23-,24-,27+,28+,31+,32+,33+,34?,39+,40+/m1/s1. The van der Waals surface area contributed by atoms with Crippen LogP contribution in [0.15, 0.2) is 48.8 Å². The summed E-state index contributed by atoms with van der Waals surface area (Å²) < 4.78 is 33.5. The van der Waals surface area contributed by atoms with Crippen LogP contribution in [0, 0.1) is 11.8 Å². The number of carbonyl (C=O) groups is 4. The summed E-state index contributed by atoms with van der Waals surface area (Å²) in [6.45, 7) is 3.51. The van der Waals surface area contributed by atoms with Crippen LogP contribution in [0.1, 0.15) is 88.9 Å². The zero-order valence-electron chi connectivity index (χ0n) is 36.9. The highest BCUT2D eigenvalue weighted by molar-refractivity contribution is 5.88. The van der Waals surface area contributed by atoms with E-state index in [1.54, 1.807) is 13.8 Å². The van der Waals surface area contributed by atoms with Crippen LogP contribution < -0.4 is 20.1 Å². The number of methoxy groups -OCH3 is 4. The van der Waals surface area contributed by atoms with Crippen LogP contribution in [0.5, 0.6) is 23.0 Å². The predicted octanol–water partition coefficient (Wildman–Crippen LogP) is 6.77. The average Bonchev–Trinajstić information content (AvgIpc) is 4.17. The molecule has 340 valence electrons. The molecule has 2 aliphatic carbocycles. The van der Waals surface area contributed by atoms with Gasteiger partial charge in [-0.3, -0.25) is 9.59 Å². The topological polar surface area (TPSA) is 212 Å². The first-order valence-electron chi connectivity index (χ1n) is 22.1. The van der Waals surface area contributed by atoms with Crippen molar-refractivity contribution in [2.45, 2.75) is 114 Å². The molecule has 0 bridgehead atoms. The first-order valence-corrected chi connectivity index (χ1v) is 22.1. The van der Waals surface area contributed by atoms with Crippen LogP contribution in [-0.4, -0.2) is 119 Å². The number of likely N-dealkylation sites (tertiary alicyclic amines) is 2. The zero-order chi connectivity index (χ0) is 44.8. The number of imidazole rings is 2. The summed E-state index contributed by atoms with van der Waals surface area (Å²) in [5.41, 5.74) is 2.97. The van der Waals surface area contributed by atoms with Crippen molar-refractivity contribution in [3.63, 3.8) is 0 Å². The Morgan fingerprint density at radius 1 is 0.641 bits per heavy atom. The van der Waals surface area contributed by atoms with Gasteiger partial charge in [0.2, 0.25) is 11.8 Å². The molecule has 2 aromatic heterocycles. The number of nitrogens with zero attached hydrogens (tertiary/aromatic N) is 4. The Labute approximate surface area is 371 Å². The van der Waals surface area contributed by atoms with Crippen molar-refractivity contribution in [1.82, 2.24) is 40.4 Å². The van der Waals surface area contributed by atoms with E-state index in [9.17, 15) is 19.2 Å². The molecule has 18 heteroatoms. The number of alkyl carbamates (subject to hydrolysis) is 2. The van der Waals surface area contributed by atoms with E-state index in [4.69, 9.17) is 38.4 Å². The average molecular weight is 881 g/mol. The third kappa shape index (κ3) is 7.90. The van der Waals surface area contributed by atoms with Crippen LogP contribution in [0.2, 0.25) is 0 Å². The highest BCUT2D eigenvalue weighted by Crippen LogP contribution is 2.51. The molecule has 5 heterocycles. The molecule has 1 unspecified atom stereocenters. The maximum Gasteiger partial charge on any atom is 0.407 e. The Morgan fingerprint density at radius 3 is 1.45 bits per heavy atom. The number of benzene rings is 2. The number of carbonyl (C=O) groups excluding carboxylic acids is 4. The molecular weight excluding hydrogens is 825 g/mol. The minimum atomic E-state index is -0.926. The molecule has 4 fully saturated rings. The van der Waals surface area contributed by atoms with Crippen LogP contribution >= 0.6 is 0 Å². The van der Waals surface area contributed by atoms with E-state index in [1.165, 1.54) is 28.4 Å². The third-order valence-electron chi connectivity index (χ3n) is 14.1. The lowest BCUT2D eigenvalue weighted by atomic mass is 10.0. The van der Waals surface area contributed by atoms with Crippen molar-refractivity contribution in [3.05, 3.63) is 60.4 Å². The molecule has 0 spiro atoms. The Bertz CT molecular complexity index is 2240. The quantitative estimate of drug-likeness (QED) is 0.102. The maximum atomic E-state index is 14.2. The minimum absolute atomic E-state index is 0.0385. The fraction of sp³-hybridized carbons (Fsp3) is 0.522. The van der Waals surface area contributed by atoms with Gasteiger partial charge < -0.3 is 58.8 Å². The van der Waals surface area contributed by atoms with Gasteiger partial charge in [-0.15, -0.1) is 0 Å². The summed E-state index contributed by atoms with van der Waals surface area (Å²) in [5, 5.41) is 5.39. The van der Waals surface area contributed by atoms with Crippen LogP contribution in [0.25, 0.3) is 22.5 Å². The lowest BCUT2D eigenvalue weighted by Gasteiger charge is -2.34. The number of aromatic amines is 2. The molecule has 10 atom stereocenters. The van der Waals surface area contributed by atoms with Gasteiger partial charge in [0.25, 0.3) is 0 Å². The molecule has 64 heavy (non-hydrogen) atoms. The Balaban J connectivity index is 0.912. The highest BCUT2D eigenvalue weighted by atomic mass is 16.6. The second kappa shape index (κ2) is 17.8. The number of hydrogen-bond acceptors (Lipinski definition) is 12. The molecule has 9 rings (SSSR count). The van der Waals surface area contributed by atoms with Crippen molar-refractivity contribution in [2.24, 2.45) is 11.8 Å². The van der Waals surface area contributed by atoms with Crippen molar-refractivity contribution in [2.75, 3.05) is 28.4 Å². The van der Waals surface area contributed by atoms with Crippen molar-refractivity contribution >= 4 is 24.0 Å². The number of ether oxygens (including phenoxy) is 6. The monoisotopic (exact) mass is 880 g/mol. The van der Waals surface area contributed by atoms with E-state index < -0.39 is 36.5 Å². The predicted molar refractivity (Wildman–Crippen MR) is 230 cm³/mol. The molecule has 0 radical (unpaired) electrons. The molecule has 4 N–H and O–H groups in total. The SMILES string of the molecule is COC(=O)N[C@H](C(=O)N1C(c2nc(-c3ccc4c(c3)Oc3ccc(-c5c[nH]c([C@@H]6C[C@@H]7CCC[C@@H]7N6C(=O)[C@@H](NC(=O)OC)[C@@H](C)OC)n5)cc3O4)c[nH]2)C[C@@H]2CCC[C@@H]21)[C@@H](C)OC. The van der Waals surface area contributed by atoms with Gasteiger partial charge in [-0.2, -0.15) is 0 Å². The first kappa shape index (κ1) is 43.1. The lowest BCUT2D eigenvalue weighted by Crippen LogP contribution is -2.55. The number of fused-ring (bicyclic) bond motifs is 4. The van der Waals surface area contributed by atoms with E-state index in [2.05, 4.69) is 20.6 Å². The van der Waals surface area contributed by atoms with Gasteiger partial charge in [0.15, 0.2) is 23.0 Å². The van der Waals surface area contributed by atoms with Gasteiger partial charge in [-0.25, -0.2) is 19.6 Å². The molecule has 4 amide bonds. The van der Waals surface area contributed by atoms with Gasteiger partial charge in [0.1, 0.15) is 23.7 Å². The van der Waals surface area contributed by atoms with Crippen LogP contribution in [-0.2, 0) is 28.5 Å².